The second-order valence-electron chi connectivity index (χ2n) is 5.63. The molecule has 0 spiro atoms. The Morgan fingerprint density at radius 2 is 2.10 bits per heavy atom. The minimum Gasteiger partial charge on any atom is -0.496 e. The summed E-state index contributed by atoms with van der Waals surface area (Å²) >= 11 is 0. The molecule has 2 heterocycles. The fourth-order valence-corrected chi connectivity index (χ4v) is 3.12. The molecule has 1 aromatic rings. The minimum absolute atomic E-state index is 0.0866. The van der Waals surface area contributed by atoms with Gasteiger partial charge in [-0.1, -0.05) is 18.2 Å². The van der Waals surface area contributed by atoms with Crippen molar-refractivity contribution in [2.24, 2.45) is 5.92 Å². The van der Waals surface area contributed by atoms with Crippen LogP contribution in [0.2, 0.25) is 0 Å². The Morgan fingerprint density at radius 1 is 1.33 bits per heavy atom. The summed E-state index contributed by atoms with van der Waals surface area (Å²) in [4.78, 5) is 14.2. The molecule has 1 amide bonds. The van der Waals surface area contributed by atoms with E-state index in [1.807, 2.05) is 29.2 Å². The summed E-state index contributed by atoms with van der Waals surface area (Å²) in [6.07, 6.45) is 1.97. The Bertz CT molecular complexity index is 500. The largest absolute Gasteiger partial charge is 0.496 e. The number of hydrogen-bond donors (Lipinski definition) is 1. The van der Waals surface area contributed by atoms with E-state index in [4.69, 9.17) is 9.47 Å². The molecule has 2 aliphatic rings. The number of nitrogens with zero attached hydrogens (tertiary/aromatic N) is 1. The van der Waals surface area contributed by atoms with Crippen molar-refractivity contribution in [1.29, 1.82) is 0 Å². The van der Waals surface area contributed by atoms with Crippen molar-refractivity contribution in [3.8, 4) is 5.75 Å². The van der Waals surface area contributed by atoms with Gasteiger partial charge in [-0.3, -0.25) is 10.1 Å². The molecule has 0 saturated carbocycles. The van der Waals surface area contributed by atoms with Crippen molar-refractivity contribution in [3.05, 3.63) is 29.8 Å². The van der Waals surface area contributed by atoms with Crippen LogP contribution in [0.15, 0.2) is 24.3 Å². The highest BCUT2D eigenvalue weighted by Gasteiger charge is 2.34. The van der Waals surface area contributed by atoms with Crippen LogP contribution in [-0.4, -0.2) is 44.2 Å². The zero-order chi connectivity index (χ0) is 14.7. The highest BCUT2D eigenvalue weighted by atomic mass is 16.5. The van der Waals surface area contributed by atoms with Crippen molar-refractivity contribution in [2.75, 3.05) is 33.4 Å². The number of ether oxygens (including phenoxy) is 2. The molecule has 1 atom stereocenters. The Balaban J connectivity index is 1.78. The van der Waals surface area contributed by atoms with Gasteiger partial charge in [0.15, 0.2) is 0 Å². The molecule has 2 fully saturated rings. The molecule has 2 saturated heterocycles. The molecule has 3 rings (SSSR count). The highest BCUT2D eigenvalue weighted by molar-refractivity contribution is 5.81. The zero-order valence-electron chi connectivity index (χ0n) is 12.4. The van der Waals surface area contributed by atoms with E-state index in [9.17, 15) is 4.79 Å². The van der Waals surface area contributed by atoms with E-state index in [-0.39, 0.29) is 12.1 Å². The van der Waals surface area contributed by atoms with Crippen molar-refractivity contribution < 1.29 is 14.3 Å². The first-order valence-electron chi connectivity index (χ1n) is 7.53. The summed E-state index contributed by atoms with van der Waals surface area (Å²) in [6.45, 7) is 2.79. The van der Waals surface area contributed by atoms with Gasteiger partial charge in [-0.05, 0) is 24.8 Å². The third-order valence-corrected chi connectivity index (χ3v) is 4.31. The first kappa shape index (κ1) is 14.4. The average molecular weight is 290 g/mol. The Hall–Kier alpha value is -1.59. The summed E-state index contributed by atoms with van der Waals surface area (Å²) < 4.78 is 10.8. The molecule has 5 nitrogen and oxygen atoms in total. The van der Waals surface area contributed by atoms with Crippen molar-refractivity contribution in [1.82, 2.24) is 10.2 Å². The van der Waals surface area contributed by atoms with Crippen LogP contribution >= 0.6 is 0 Å². The summed E-state index contributed by atoms with van der Waals surface area (Å²) in [7, 11) is 1.67. The monoisotopic (exact) mass is 290 g/mol. The van der Waals surface area contributed by atoms with Crippen LogP contribution in [0.1, 0.15) is 24.6 Å². The lowest BCUT2D eigenvalue weighted by atomic mass is 9.99. The number of benzene rings is 1. The molecule has 1 aromatic carbocycles. The first-order valence-corrected chi connectivity index (χ1v) is 7.53. The number of rotatable bonds is 4. The van der Waals surface area contributed by atoms with Crippen LogP contribution in [0.4, 0.5) is 0 Å². The molecule has 21 heavy (non-hydrogen) atoms. The lowest BCUT2D eigenvalue weighted by Crippen LogP contribution is -2.36. The topological polar surface area (TPSA) is 50.8 Å². The lowest BCUT2D eigenvalue weighted by Gasteiger charge is -2.31. The van der Waals surface area contributed by atoms with Crippen LogP contribution in [0.5, 0.6) is 5.75 Å². The zero-order valence-corrected chi connectivity index (χ0v) is 12.4. The molecular weight excluding hydrogens is 268 g/mol. The normalized spacial score (nSPS) is 23.6. The Labute approximate surface area is 125 Å². The second kappa shape index (κ2) is 6.45. The summed E-state index contributed by atoms with van der Waals surface area (Å²) in [5.41, 5.74) is 1.03. The van der Waals surface area contributed by atoms with Gasteiger partial charge in [0.1, 0.15) is 11.9 Å². The van der Waals surface area contributed by atoms with Gasteiger partial charge in [0, 0.05) is 25.3 Å². The molecule has 0 radical (unpaired) electrons. The number of methoxy groups -OCH3 is 1. The molecule has 5 heteroatoms. The van der Waals surface area contributed by atoms with Crippen molar-refractivity contribution >= 4 is 5.91 Å². The first-order chi connectivity index (χ1) is 10.3. The van der Waals surface area contributed by atoms with Gasteiger partial charge in [0.25, 0.3) is 0 Å². The van der Waals surface area contributed by atoms with Crippen molar-refractivity contribution in [2.45, 2.75) is 19.0 Å². The van der Waals surface area contributed by atoms with E-state index in [1.54, 1.807) is 7.11 Å². The number of amides is 1. The summed E-state index contributed by atoms with van der Waals surface area (Å²) in [5.74, 6) is 1.51. The van der Waals surface area contributed by atoms with Gasteiger partial charge < -0.3 is 14.4 Å². The molecule has 0 bridgehead atoms. The van der Waals surface area contributed by atoms with Gasteiger partial charge in [-0.15, -0.1) is 0 Å². The molecule has 114 valence electrons. The maximum atomic E-state index is 12.2. The number of carbonyl (C=O) groups is 1. The number of carbonyl (C=O) groups excluding carboxylic acids is 1. The average Bonchev–Trinajstić information content (AvgIpc) is 2.89. The standard InChI is InChI=1S/C16H22N2O3/c1-20-14-5-3-2-4-13(14)16-17-10-15(19)18(16)11-12-6-8-21-9-7-12/h2-5,12,16-17H,6-11H2,1H3. The van der Waals surface area contributed by atoms with Gasteiger partial charge in [-0.2, -0.15) is 0 Å². The van der Waals surface area contributed by atoms with Crippen LogP contribution in [0.3, 0.4) is 0 Å². The van der Waals surface area contributed by atoms with Gasteiger partial charge >= 0.3 is 0 Å². The minimum atomic E-state index is -0.0866. The van der Waals surface area contributed by atoms with E-state index in [1.165, 1.54) is 0 Å². The molecule has 1 unspecified atom stereocenters. The fraction of sp³-hybridized carbons (Fsp3) is 0.562. The third-order valence-electron chi connectivity index (χ3n) is 4.31. The summed E-state index contributed by atoms with van der Waals surface area (Å²) in [5, 5.41) is 3.30. The van der Waals surface area contributed by atoms with E-state index in [0.717, 1.165) is 43.9 Å². The van der Waals surface area contributed by atoms with Crippen LogP contribution in [-0.2, 0) is 9.53 Å². The van der Waals surface area contributed by atoms with Crippen molar-refractivity contribution in [3.63, 3.8) is 0 Å². The second-order valence-corrected chi connectivity index (χ2v) is 5.63. The molecule has 1 N–H and O–H groups in total. The van der Waals surface area contributed by atoms with Gasteiger partial charge in [0.2, 0.25) is 5.91 Å². The Kier molecular flexibility index (Phi) is 4.41. The molecule has 2 aliphatic heterocycles. The Morgan fingerprint density at radius 3 is 2.86 bits per heavy atom. The third kappa shape index (κ3) is 3.04. The maximum Gasteiger partial charge on any atom is 0.238 e. The van der Waals surface area contributed by atoms with E-state index >= 15 is 0 Å². The highest BCUT2D eigenvalue weighted by Crippen LogP contribution is 2.31. The van der Waals surface area contributed by atoms with Gasteiger partial charge in [0.05, 0.1) is 13.7 Å². The number of para-hydroxylation sites is 1. The number of nitrogens with one attached hydrogen (secondary N) is 1. The smallest absolute Gasteiger partial charge is 0.238 e. The summed E-state index contributed by atoms with van der Waals surface area (Å²) in [6, 6.07) is 7.88. The van der Waals surface area contributed by atoms with Crippen LogP contribution in [0.25, 0.3) is 0 Å². The molecule has 0 aliphatic carbocycles. The van der Waals surface area contributed by atoms with E-state index in [2.05, 4.69) is 5.32 Å². The van der Waals surface area contributed by atoms with Crippen LogP contribution in [0, 0.1) is 5.92 Å². The number of hydrogen-bond acceptors (Lipinski definition) is 4. The van der Waals surface area contributed by atoms with Gasteiger partial charge in [-0.25, -0.2) is 0 Å². The maximum absolute atomic E-state index is 12.2. The lowest BCUT2D eigenvalue weighted by molar-refractivity contribution is -0.129. The van der Waals surface area contributed by atoms with E-state index in [0.29, 0.717) is 12.5 Å². The quantitative estimate of drug-likeness (QED) is 0.914. The fourth-order valence-electron chi connectivity index (χ4n) is 3.12. The predicted molar refractivity (Wildman–Crippen MR) is 79.0 cm³/mol. The molecular formula is C16H22N2O3. The van der Waals surface area contributed by atoms with Crippen LogP contribution < -0.4 is 10.1 Å². The van der Waals surface area contributed by atoms with E-state index < -0.39 is 0 Å². The SMILES string of the molecule is COc1ccccc1C1NCC(=O)N1CC1CCOCC1. The molecule has 0 aromatic heterocycles. The predicted octanol–water partition coefficient (Wildman–Crippen LogP) is 1.55.